The number of fused-ring (bicyclic) bond motifs is 6. The predicted octanol–water partition coefficient (Wildman–Crippen LogP) is 2.83. The average molecular weight is 379 g/mol. The molecule has 1 aromatic carbocycles. The molecule has 2 aromatic rings. The lowest BCUT2D eigenvalue weighted by atomic mass is 9.67. The van der Waals surface area contributed by atoms with Crippen LogP contribution in [0.1, 0.15) is 37.6 Å². The van der Waals surface area contributed by atoms with Crippen molar-refractivity contribution in [3.63, 3.8) is 0 Å². The summed E-state index contributed by atoms with van der Waals surface area (Å²) < 4.78 is 11.8. The number of H-pyrrole nitrogens is 1. The third kappa shape index (κ3) is 1.95. The molecule has 4 aliphatic heterocycles. The maximum Gasteiger partial charge on any atom is 0.314 e. The van der Waals surface area contributed by atoms with E-state index in [0.717, 1.165) is 19.4 Å². The number of hydrogen-bond donors (Lipinski definition) is 1. The molecule has 0 unspecified atom stereocenters. The molecule has 1 N–H and O–H groups in total. The number of ether oxygens (including phenoxy) is 2. The Balaban J connectivity index is 1.44. The Hall–Kier alpha value is -2.18. The van der Waals surface area contributed by atoms with Gasteiger partial charge in [0.1, 0.15) is 11.5 Å². The summed E-state index contributed by atoms with van der Waals surface area (Å²) in [6.07, 6.45) is 3.51. The maximum absolute atomic E-state index is 12.7. The van der Waals surface area contributed by atoms with E-state index in [2.05, 4.69) is 46.1 Å². The van der Waals surface area contributed by atoms with Gasteiger partial charge in [-0.3, -0.25) is 14.7 Å². The zero-order valence-corrected chi connectivity index (χ0v) is 16.2. The minimum atomic E-state index is -0.470. The molecular formula is C22H25N3O3. The van der Waals surface area contributed by atoms with E-state index in [1.54, 1.807) is 0 Å². The van der Waals surface area contributed by atoms with Crippen LogP contribution in [-0.4, -0.2) is 53.1 Å². The minimum Gasteiger partial charge on any atom is -0.466 e. The first-order chi connectivity index (χ1) is 13.6. The number of nitrogens with one attached hydrogen (secondary N) is 1. The van der Waals surface area contributed by atoms with Crippen LogP contribution in [0.5, 0.6) is 0 Å². The summed E-state index contributed by atoms with van der Waals surface area (Å²) in [6, 6.07) is 9.00. The van der Waals surface area contributed by atoms with Crippen LogP contribution in [0.25, 0.3) is 10.9 Å². The van der Waals surface area contributed by atoms with Crippen LogP contribution >= 0.6 is 0 Å². The van der Waals surface area contributed by atoms with Gasteiger partial charge in [0.2, 0.25) is 0 Å². The molecule has 1 spiro atoms. The molecule has 0 aliphatic carbocycles. The SMILES string of the molecule is CCOC(=O)[C@H]1[C@@H]2N=C[C@@]3(O2)[C@@H]1C[C@H]1c2[nH]c4ccccc4c2CCN1[C@H]3C. The van der Waals surface area contributed by atoms with E-state index in [-0.39, 0.29) is 29.9 Å². The largest absolute Gasteiger partial charge is 0.466 e. The predicted molar refractivity (Wildman–Crippen MR) is 105 cm³/mol. The Morgan fingerprint density at radius 2 is 2.29 bits per heavy atom. The number of aromatic nitrogens is 1. The first-order valence-corrected chi connectivity index (χ1v) is 10.4. The van der Waals surface area contributed by atoms with Crippen LogP contribution in [0.3, 0.4) is 0 Å². The van der Waals surface area contributed by atoms with Gasteiger partial charge in [-0.05, 0) is 38.3 Å². The zero-order chi connectivity index (χ0) is 19.0. The molecule has 2 fully saturated rings. The highest BCUT2D eigenvalue weighted by atomic mass is 16.6. The zero-order valence-electron chi connectivity index (χ0n) is 16.2. The second kappa shape index (κ2) is 5.67. The third-order valence-corrected chi connectivity index (χ3v) is 7.45. The van der Waals surface area contributed by atoms with Crippen molar-refractivity contribution in [2.24, 2.45) is 16.8 Å². The summed E-state index contributed by atoms with van der Waals surface area (Å²) in [4.78, 5) is 23.5. The summed E-state index contributed by atoms with van der Waals surface area (Å²) in [7, 11) is 0. The molecule has 4 aliphatic rings. The molecule has 1 aromatic heterocycles. The molecule has 0 radical (unpaired) electrons. The number of aromatic amines is 1. The van der Waals surface area contributed by atoms with Crippen molar-refractivity contribution in [2.45, 2.75) is 50.6 Å². The molecule has 2 bridgehead atoms. The molecule has 5 heterocycles. The molecule has 2 saturated heterocycles. The molecular weight excluding hydrogens is 354 g/mol. The van der Waals surface area contributed by atoms with E-state index in [9.17, 15) is 4.79 Å². The number of hydrogen-bond acceptors (Lipinski definition) is 5. The van der Waals surface area contributed by atoms with Gasteiger partial charge in [0.25, 0.3) is 0 Å². The standard InChI is InChI=1S/C22H25N3O3/c1-3-27-21(26)18-15-10-17-19-14(13-6-4-5-7-16(13)24-19)8-9-25(17)12(2)22(15)11-23-20(18)28-22/h4-7,11-12,15,17-18,20,24H,3,8-10H2,1-2H3/t12-,15+,17-,18+,20+,22-/m0/s1. The van der Waals surface area contributed by atoms with Crippen molar-refractivity contribution in [1.82, 2.24) is 9.88 Å². The molecule has 28 heavy (non-hydrogen) atoms. The van der Waals surface area contributed by atoms with Gasteiger partial charge in [0, 0.05) is 41.3 Å². The number of carbonyl (C=O) groups excluding carboxylic acids is 1. The number of piperidine rings is 1. The van der Waals surface area contributed by atoms with E-state index >= 15 is 0 Å². The van der Waals surface area contributed by atoms with Gasteiger partial charge in [0.05, 0.1) is 12.6 Å². The average Bonchev–Trinajstić information content (AvgIpc) is 3.38. The summed E-state index contributed by atoms with van der Waals surface area (Å²) >= 11 is 0. The van der Waals surface area contributed by atoms with Crippen LogP contribution in [0.4, 0.5) is 0 Å². The number of esters is 1. The van der Waals surface area contributed by atoms with Gasteiger partial charge in [0.15, 0.2) is 6.23 Å². The quantitative estimate of drug-likeness (QED) is 0.815. The molecule has 0 amide bonds. The first-order valence-electron chi connectivity index (χ1n) is 10.4. The summed E-state index contributed by atoms with van der Waals surface area (Å²) in [6.45, 7) is 5.48. The number of rotatable bonds is 2. The number of para-hydroxylation sites is 1. The summed E-state index contributed by atoms with van der Waals surface area (Å²) in [5, 5.41) is 1.33. The monoisotopic (exact) mass is 379 g/mol. The Morgan fingerprint density at radius 1 is 1.43 bits per heavy atom. The van der Waals surface area contributed by atoms with Gasteiger partial charge in [-0.1, -0.05) is 18.2 Å². The second-order valence-electron chi connectivity index (χ2n) is 8.50. The van der Waals surface area contributed by atoms with Gasteiger partial charge >= 0.3 is 5.97 Å². The van der Waals surface area contributed by atoms with Crippen molar-refractivity contribution < 1.29 is 14.3 Å². The number of nitrogens with zero attached hydrogens (tertiary/aromatic N) is 2. The lowest BCUT2D eigenvalue weighted by molar-refractivity contribution is -0.151. The van der Waals surface area contributed by atoms with Crippen molar-refractivity contribution in [2.75, 3.05) is 13.2 Å². The van der Waals surface area contributed by atoms with Gasteiger partial charge < -0.3 is 14.5 Å². The van der Waals surface area contributed by atoms with Crippen LogP contribution in [-0.2, 0) is 20.7 Å². The van der Waals surface area contributed by atoms with E-state index in [1.807, 2.05) is 13.1 Å². The summed E-state index contributed by atoms with van der Waals surface area (Å²) in [5.41, 5.74) is 3.49. The Bertz CT molecular complexity index is 998. The first kappa shape index (κ1) is 16.7. The Labute approximate surface area is 163 Å². The van der Waals surface area contributed by atoms with E-state index in [4.69, 9.17) is 9.47 Å². The fourth-order valence-electron chi connectivity index (χ4n) is 6.21. The number of aliphatic imine (C=N–C) groups is 1. The van der Waals surface area contributed by atoms with Crippen LogP contribution in [0.15, 0.2) is 29.3 Å². The molecule has 6 atom stereocenters. The smallest absolute Gasteiger partial charge is 0.314 e. The topological polar surface area (TPSA) is 66.9 Å². The van der Waals surface area contributed by atoms with Gasteiger partial charge in [-0.2, -0.15) is 0 Å². The highest BCUT2D eigenvalue weighted by Gasteiger charge is 2.67. The van der Waals surface area contributed by atoms with Crippen molar-refractivity contribution in [3.8, 4) is 0 Å². The van der Waals surface area contributed by atoms with Crippen molar-refractivity contribution in [1.29, 1.82) is 0 Å². The van der Waals surface area contributed by atoms with Crippen molar-refractivity contribution >= 4 is 23.1 Å². The fourth-order valence-corrected chi connectivity index (χ4v) is 6.21. The van der Waals surface area contributed by atoms with Gasteiger partial charge in [-0.25, -0.2) is 0 Å². The normalized spacial score (nSPS) is 38.3. The highest BCUT2D eigenvalue weighted by molar-refractivity contribution is 5.86. The molecule has 6 heteroatoms. The Morgan fingerprint density at radius 3 is 3.14 bits per heavy atom. The van der Waals surface area contributed by atoms with Crippen molar-refractivity contribution in [3.05, 3.63) is 35.5 Å². The molecule has 6 rings (SSSR count). The van der Waals surface area contributed by atoms with Crippen LogP contribution < -0.4 is 0 Å². The molecule has 6 nitrogen and oxygen atoms in total. The maximum atomic E-state index is 12.7. The third-order valence-electron chi connectivity index (χ3n) is 7.45. The van der Waals surface area contributed by atoms with Crippen LogP contribution in [0.2, 0.25) is 0 Å². The van der Waals surface area contributed by atoms with Gasteiger partial charge in [-0.15, -0.1) is 0 Å². The van der Waals surface area contributed by atoms with Crippen LogP contribution in [0, 0.1) is 11.8 Å². The lowest BCUT2D eigenvalue weighted by Gasteiger charge is -2.53. The lowest BCUT2D eigenvalue weighted by Crippen LogP contribution is -2.62. The minimum absolute atomic E-state index is 0.0997. The molecule has 146 valence electrons. The summed E-state index contributed by atoms with van der Waals surface area (Å²) in [5.74, 6) is -0.364. The number of benzene rings is 1. The fraction of sp³-hybridized carbons (Fsp3) is 0.545. The second-order valence-corrected chi connectivity index (χ2v) is 8.50. The number of carbonyl (C=O) groups is 1. The Kier molecular flexibility index (Phi) is 3.39. The molecule has 0 saturated carbocycles. The highest BCUT2D eigenvalue weighted by Crippen LogP contribution is 2.57. The van der Waals surface area contributed by atoms with E-state index in [0.29, 0.717) is 6.61 Å². The van der Waals surface area contributed by atoms with E-state index < -0.39 is 11.8 Å². The van der Waals surface area contributed by atoms with E-state index in [1.165, 1.54) is 22.2 Å².